The van der Waals surface area contributed by atoms with Gasteiger partial charge in [-0.15, -0.1) is 0 Å². The van der Waals surface area contributed by atoms with Crippen LogP contribution in [0.3, 0.4) is 0 Å². The Labute approximate surface area is 215 Å². The number of nitrogens with zero attached hydrogens (tertiary/aromatic N) is 3. The first kappa shape index (κ1) is 26.4. The van der Waals surface area contributed by atoms with Gasteiger partial charge in [0.15, 0.2) is 5.82 Å². The van der Waals surface area contributed by atoms with E-state index in [2.05, 4.69) is 51.7 Å². The van der Waals surface area contributed by atoms with E-state index in [-0.39, 0.29) is 17.5 Å². The molecule has 182 valence electrons. The maximum absolute atomic E-state index is 12.9. The van der Waals surface area contributed by atoms with Crippen LogP contribution >= 0.6 is 15.9 Å². The zero-order valence-corrected chi connectivity index (χ0v) is 22.5. The molecule has 3 rings (SSSR count). The fourth-order valence-electron chi connectivity index (χ4n) is 3.22. The summed E-state index contributed by atoms with van der Waals surface area (Å²) in [4.78, 5) is 38.6. The Kier molecular flexibility index (Phi) is 8.00. The topological polar surface area (TPSA) is 81.5 Å². The third kappa shape index (κ3) is 7.65. The van der Waals surface area contributed by atoms with Crippen molar-refractivity contribution in [2.75, 3.05) is 0 Å². The molecule has 1 aromatic heterocycles. The monoisotopic (exact) mass is 535 g/mol. The summed E-state index contributed by atoms with van der Waals surface area (Å²) in [7, 11) is 0. The molecule has 1 heterocycles. The van der Waals surface area contributed by atoms with Crippen molar-refractivity contribution in [3.05, 3.63) is 82.1 Å². The second-order valence-electron chi connectivity index (χ2n) is 10.3. The lowest BCUT2D eigenvalue weighted by atomic mass is 9.87. The van der Waals surface area contributed by atoms with Gasteiger partial charge in [0.2, 0.25) is 0 Å². The van der Waals surface area contributed by atoms with Crippen LogP contribution in [-0.2, 0) is 21.4 Å². The van der Waals surface area contributed by atoms with E-state index in [0.717, 1.165) is 21.2 Å². The number of rotatable bonds is 5. The Morgan fingerprint density at radius 3 is 1.97 bits per heavy atom. The van der Waals surface area contributed by atoms with Gasteiger partial charge in [-0.1, -0.05) is 57.2 Å². The minimum Gasteiger partial charge on any atom is -0.455 e. The molecule has 0 unspecified atom stereocenters. The fourth-order valence-corrected chi connectivity index (χ4v) is 3.43. The molecule has 1 amide bonds. The first-order valence-electron chi connectivity index (χ1n) is 11.3. The lowest BCUT2D eigenvalue weighted by Crippen LogP contribution is -2.30. The van der Waals surface area contributed by atoms with Crippen molar-refractivity contribution in [1.29, 1.82) is 0 Å². The summed E-state index contributed by atoms with van der Waals surface area (Å²) in [5.74, 6) is -0.502. The van der Waals surface area contributed by atoms with Crippen LogP contribution in [0.4, 0.5) is 0 Å². The third-order valence-corrected chi connectivity index (χ3v) is 5.48. The van der Waals surface area contributed by atoms with Gasteiger partial charge < -0.3 is 4.74 Å². The molecule has 0 bridgehead atoms. The molecule has 0 aliphatic heterocycles. The lowest BCUT2D eigenvalue weighted by Gasteiger charge is -2.20. The van der Waals surface area contributed by atoms with E-state index in [0.29, 0.717) is 11.4 Å². The quantitative estimate of drug-likeness (QED) is 0.280. The zero-order chi connectivity index (χ0) is 25.8. The van der Waals surface area contributed by atoms with E-state index in [1.807, 2.05) is 36.4 Å². The average Bonchev–Trinajstić information content (AvgIpc) is 2.78. The normalized spacial score (nSPS) is 12.4. The van der Waals surface area contributed by atoms with E-state index in [1.54, 1.807) is 45.3 Å². The van der Waals surface area contributed by atoms with Gasteiger partial charge >= 0.3 is 5.97 Å². The molecule has 0 N–H and O–H groups in total. The highest BCUT2D eigenvalue weighted by Gasteiger charge is 2.23. The van der Waals surface area contributed by atoms with E-state index < -0.39 is 17.5 Å². The van der Waals surface area contributed by atoms with Gasteiger partial charge in [0.25, 0.3) is 5.91 Å². The molecule has 2 aromatic carbocycles. The average molecular weight is 536 g/mol. The number of hydrogen-bond donors (Lipinski definition) is 0. The van der Waals surface area contributed by atoms with Crippen molar-refractivity contribution in [1.82, 2.24) is 9.97 Å². The molecule has 0 saturated heterocycles. The molecule has 0 fully saturated rings. The highest BCUT2D eigenvalue weighted by atomic mass is 79.9. The number of hydrogen-bond acceptors (Lipinski definition) is 5. The minimum atomic E-state index is -0.710. The van der Waals surface area contributed by atoms with Gasteiger partial charge in [-0.3, -0.25) is 4.79 Å². The lowest BCUT2D eigenvalue weighted by molar-refractivity contribution is -0.146. The maximum Gasteiger partial charge on any atom is 0.353 e. The Bertz CT molecular complexity index is 1220. The predicted molar refractivity (Wildman–Crippen MR) is 142 cm³/mol. The standard InChI is InChI=1S/C28H30BrN3O3/c1-27(2,3)21-13-11-20(12-14-21)25(33)32-23(26(34)35-28(4,5)6)15-18-7-9-19(10-8-18)24-30-16-22(29)17-31-24/h7-14,16-17H,15H2,1-6H3/b32-23-. The SMILES string of the molecule is CC(C)(C)OC(=O)/C(Cc1ccc(-c2ncc(Br)cn2)cc1)=N\C(=O)c1ccc(C(C)(C)C)cc1. The van der Waals surface area contributed by atoms with Crippen molar-refractivity contribution >= 4 is 33.5 Å². The fraction of sp³-hybridized carbons (Fsp3) is 0.321. The third-order valence-electron chi connectivity index (χ3n) is 5.07. The van der Waals surface area contributed by atoms with Crippen LogP contribution in [0, 0.1) is 0 Å². The van der Waals surface area contributed by atoms with E-state index in [1.165, 1.54) is 0 Å². The van der Waals surface area contributed by atoms with Crippen LogP contribution in [0.25, 0.3) is 11.4 Å². The number of aromatic nitrogens is 2. The van der Waals surface area contributed by atoms with Crippen LogP contribution in [0.5, 0.6) is 0 Å². The summed E-state index contributed by atoms with van der Waals surface area (Å²) in [6.07, 6.45) is 3.52. The smallest absolute Gasteiger partial charge is 0.353 e. The highest BCUT2D eigenvalue weighted by Crippen LogP contribution is 2.23. The first-order valence-corrected chi connectivity index (χ1v) is 12.1. The van der Waals surface area contributed by atoms with Crippen LogP contribution in [-0.4, -0.2) is 33.2 Å². The number of halogens is 1. The van der Waals surface area contributed by atoms with Crippen LogP contribution in [0.15, 0.2) is 70.4 Å². The summed E-state index contributed by atoms with van der Waals surface area (Å²) >= 11 is 3.33. The maximum atomic E-state index is 12.9. The Morgan fingerprint density at radius 1 is 0.886 bits per heavy atom. The number of amides is 1. The van der Waals surface area contributed by atoms with Gasteiger partial charge in [0.05, 0.1) is 4.47 Å². The molecule has 0 radical (unpaired) electrons. The van der Waals surface area contributed by atoms with Crippen molar-refractivity contribution in [3.8, 4) is 11.4 Å². The summed E-state index contributed by atoms with van der Waals surface area (Å²) < 4.78 is 6.33. The molecule has 35 heavy (non-hydrogen) atoms. The van der Waals surface area contributed by atoms with E-state index in [9.17, 15) is 9.59 Å². The van der Waals surface area contributed by atoms with Crippen LogP contribution in [0.2, 0.25) is 0 Å². The van der Waals surface area contributed by atoms with E-state index >= 15 is 0 Å². The number of benzene rings is 2. The van der Waals surface area contributed by atoms with Gasteiger partial charge in [-0.05, 0) is 65.4 Å². The predicted octanol–water partition coefficient (Wildman–Crippen LogP) is 6.37. The second-order valence-corrected chi connectivity index (χ2v) is 11.2. The van der Waals surface area contributed by atoms with Crippen LogP contribution < -0.4 is 0 Å². The van der Waals surface area contributed by atoms with E-state index in [4.69, 9.17) is 4.74 Å². The van der Waals surface area contributed by atoms with Crippen molar-refractivity contribution in [2.24, 2.45) is 4.99 Å². The van der Waals surface area contributed by atoms with Crippen molar-refractivity contribution in [3.63, 3.8) is 0 Å². The number of aliphatic imine (C=N–C) groups is 1. The molecule has 3 aromatic rings. The largest absolute Gasteiger partial charge is 0.455 e. The van der Waals surface area contributed by atoms with Gasteiger partial charge in [-0.2, -0.15) is 0 Å². The van der Waals surface area contributed by atoms with Gasteiger partial charge in [-0.25, -0.2) is 19.8 Å². The van der Waals surface area contributed by atoms with Gasteiger partial charge in [0, 0.05) is 29.9 Å². The second kappa shape index (κ2) is 10.6. The summed E-state index contributed by atoms with van der Waals surface area (Å²) in [5.41, 5.74) is 2.50. The summed E-state index contributed by atoms with van der Waals surface area (Å²) in [5, 5.41) is 0. The molecular formula is C28H30BrN3O3. The number of carbonyl (C=O) groups is 2. The Hall–Kier alpha value is -3.19. The first-order chi connectivity index (χ1) is 16.3. The Balaban J connectivity index is 1.86. The molecule has 6 nitrogen and oxygen atoms in total. The van der Waals surface area contributed by atoms with Crippen molar-refractivity contribution in [2.45, 2.75) is 59.0 Å². The molecule has 0 saturated carbocycles. The van der Waals surface area contributed by atoms with Crippen molar-refractivity contribution < 1.29 is 14.3 Å². The number of carbonyl (C=O) groups excluding carboxylic acids is 2. The molecule has 7 heteroatoms. The minimum absolute atomic E-state index is 0.0278. The molecule has 0 spiro atoms. The van der Waals surface area contributed by atoms with Crippen LogP contribution in [0.1, 0.15) is 63.0 Å². The molecule has 0 aliphatic rings. The molecule has 0 atom stereocenters. The highest BCUT2D eigenvalue weighted by molar-refractivity contribution is 9.10. The van der Waals surface area contributed by atoms with Gasteiger partial charge in [0.1, 0.15) is 11.3 Å². The number of esters is 1. The zero-order valence-electron chi connectivity index (χ0n) is 20.9. The Morgan fingerprint density at radius 2 is 1.46 bits per heavy atom. The summed E-state index contributed by atoms with van der Waals surface area (Å²) in [6.45, 7) is 11.7. The molecule has 0 aliphatic carbocycles. The molecular weight excluding hydrogens is 506 g/mol. The summed E-state index contributed by atoms with van der Waals surface area (Å²) in [6, 6.07) is 14.8. The number of ether oxygens (including phenoxy) is 1.